The van der Waals surface area contributed by atoms with E-state index in [4.69, 9.17) is 9.47 Å². The van der Waals surface area contributed by atoms with Gasteiger partial charge in [0.1, 0.15) is 6.79 Å². The van der Waals surface area contributed by atoms with Gasteiger partial charge >= 0.3 is 0 Å². The Morgan fingerprint density at radius 1 is 1.24 bits per heavy atom. The van der Waals surface area contributed by atoms with Crippen molar-refractivity contribution in [3.05, 3.63) is 11.6 Å². The fourth-order valence-corrected chi connectivity index (χ4v) is 7.88. The highest BCUT2D eigenvalue weighted by molar-refractivity contribution is 9.09. The summed E-state index contributed by atoms with van der Waals surface area (Å²) in [6.45, 7) is 5.27. The first kappa shape index (κ1) is 18.5. The van der Waals surface area contributed by atoms with E-state index < -0.39 is 0 Å². The summed E-state index contributed by atoms with van der Waals surface area (Å²) in [5.41, 5.74) is 2.08. The molecule has 0 aliphatic heterocycles. The zero-order valence-corrected chi connectivity index (χ0v) is 17.4. The SMILES string of the molecule is COCOC1CC[C@@]2(C)C(=CC[C@H]3[C@@H]4C[C@@H](Br)[C@H](O)[C@@]4(C)CC[C@@H]32)C1. The molecule has 0 heterocycles. The second-order valence-corrected chi connectivity index (χ2v) is 10.6. The highest BCUT2D eigenvalue weighted by Crippen LogP contribution is 2.65. The molecule has 4 rings (SSSR count). The second-order valence-electron chi connectivity index (χ2n) is 9.44. The van der Waals surface area contributed by atoms with Crippen LogP contribution in [0.25, 0.3) is 0 Å². The summed E-state index contributed by atoms with van der Waals surface area (Å²) in [5.74, 6) is 2.17. The van der Waals surface area contributed by atoms with E-state index in [-0.39, 0.29) is 16.3 Å². The molecule has 4 heteroatoms. The van der Waals surface area contributed by atoms with Crippen molar-refractivity contribution in [3.8, 4) is 0 Å². The maximum Gasteiger partial charge on any atom is 0.146 e. The van der Waals surface area contributed by atoms with Crippen molar-refractivity contribution in [1.82, 2.24) is 0 Å². The predicted octanol–water partition coefficient (Wildman–Crippen LogP) is 4.67. The van der Waals surface area contributed by atoms with Gasteiger partial charge in [-0.25, -0.2) is 0 Å². The van der Waals surface area contributed by atoms with E-state index in [9.17, 15) is 5.11 Å². The molecular weight excluding hydrogens is 380 g/mol. The van der Waals surface area contributed by atoms with Crippen LogP contribution in [0.5, 0.6) is 0 Å². The van der Waals surface area contributed by atoms with Gasteiger partial charge in [0.05, 0.1) is 12.2 Å². The van der Waals surface area contributed by atoms with Crippen LogP contribution >= 0.6 is 15.9 Å². The lowest BCUT2D eigenvalue weighted by molar-refractivity contribution is -0.101. The van der Waals surface area contributed by atoms with Gasteiger partial charge in [0.15, 0.2) is 0 Å². The lowest BCUT2D eigenvalue weighted by atomic mass is 9.48. The monoisotopic (exact) mass is 412 g/mol. The molecule has 8 atom stereocenters. The number of hydrogen-bond acceptors (Lipinski definition) is 3. The summed E-state index contributed by atoms with van der Waals surface area (Å²) < 4.78 is 11.0. The molecule has 3 nitrogen and oxygen atoms in total. The lowest BCUT2D eigenvalue weighted by Gasteiger charge is -2.57. The van der Waals surface area contributed by atoms with Gasteiger partial charge in [0, 0.05) is 11.9 Å². The summed E-state index contributed by atoms with van der Waals surface area (Å²) >= 11 is 3.77. The van der Waals surface area contributed by atoms with Crippen molar-refractivity contribution in [2.75, 3.05) is 13.9 Å². The molecule has 0 spiro atoms. The van der Waals surface area contributed by atoms with Crippen LogP contribution in [0.15, 0.2) is 11.6 Å². The van der Waals surface area contributed by atoms with Crippen LogP contribution in [0.2, 0.25) is 0 Å². The molecule has 3 saturated carbocycles. The Bertz CT molecular complexity index is 549. The minimum absolute atomic E-state index is 0.107. The molecule has 3 fully saturated rings. The van der Waals surface area contributed by atoms with E-state index >= 15 is 0 Å². The van der Waals surface area contributed by atoms with Crippen molar-refractivity contribution < 1.29 is 14.6 Å². The number of aliphatic hydroxyl groups is 1. The van der Waals surface area contributed by atoms with Crippen LogP contribution < -0.4 is 0 Å². The molecule has 0 radical (unpaired) electrons. The number of halogens is 1. The van der Waals surface area contributed by atoms with E-state index in [1.807, 2.05) is 0 Å². The maximum atomic E-state index is 10.8. The maximum absolute atomic E-state index is 10.8. The van der Waals surface area contributed by atoms with Crippen molar-refractivity contribution in [3.63, 3.8) is 0 Å². The molecule has 0 bridgehead atoms. The first-order valence-corrected chi connectivity index (χ1v) is 10.9. The Hall–Kier alpha value is 0.1000. The Kier molecular flexibility index (Phi) is 4.88. The molecule has 1 N–H and O–H groups in total. The summed E-state index contributed by atoms with van der Waals surface area (Å²) in [6, 6.07) is 0. The molecular formula is C21H33BrO3. The molecule has 0 amide bonds. The van der Waals surface area contributed by atoms with E-state index in [1.54, 1.807) is 12.7 Å². The molecule has 142 valence electrons. The van der Waals surface area contributed by atoms with Crippen LogP contribution in [-0.2, 0) is 9.47 Å². The quantitative estimate of drug-likeness (QED) is 0.415. The van der Waals surface area contributed by atoms with Crippen LogP contribution in [0.3, 0.4) is 0 Å². The van der Waals surface area contributed by atoms with Gasteiger partial charge in [-0.15, -0.1) is 0 Å². The van der Waals surface area contributed by atoms with E-state index in [0.717, 1.165) is 31.1 Å². The molecule has 4 aliphatic carbocycles. The fraction of sp³-hybridized carbons (Fsp3) is 0.905. The molecule has 0 aromatic carbocycles. The molecule has 1 unspecified atom stereocenters. The van der Waals surface area contributed by atoms with E-state index in [1.165, 1.54) is 25.7 Å². The smallest absolute Gasteiger partial charge is 0.146 e. The molecule has 0 aromatic rings. The number of methoxy groups -OCH3 is 1. The van der Waals surface area contributed by atoms with E-state index in [2.05, 4.69) is 35.9 Å². The zero-order valence-electron chi connectivity index (χ0n) is 15.8. The van der Waals surface area contributed by atoms with Crippen LogP contribution in [0.1, 0.15) is 58.8 Å². The minimum atomic E-state index is -0.185. The Labute approximate surface area is 160 Å². The number of rotatable bonds is 3. The number of alkyl halides is 1. The zero-order chi connectivity index (χ0) is 17.8. The van der Waals surface area contributed by atoms with Gasteiger partial charge in [-0.05, 0) is 73.5 Å². The molecule has 25 heavy (non-hydrogen) atoms. The minimum Gasteiger partial charge on any atom is -0.391 e. The number of aliphatic hydroxyl groups excluding tert-OH is 1. The molecule has 0 saturated heterocycles. The summed E-state index contributed by atoms with van der Waals surface area (Å²) in [6.07, 6.45) is 10.9. The lowest BCUT2D eigenvalue weighted by Crippen LogP contribution is -2.51. The van der Waals surface area contributed by atoms with Gasteiger partial charge in [-0.1, -0.05) is 41.4 Å². The summed E-state index contributed by atoms with van der Waals surface area (Å²) in [7, 11) is 1.70. The molecule has 0 aromatic heterocycles. The third-order valence-corrected chi connectivity index (χ3v) is 9.29. The van der Waals surface area contributed by atoms with Crippen molar-refractivity contribution >= 4 is 15.9 Å². The van der Waals surface area contributed by atoms with Gasteiger partial charge in [0.2, 0.25) is 0 Å². The van der Waals surface area contributed by atoms with Gasteiger partial charge in [0.25, 0.3) is 0 Å². The average molecular weight is 413 g/mol. The van der Waals surface area contributed by atoms with Crippen molar-refractivity contribution in [2.45, 2.75) is 75.8 Å². The number of ether oxygens (including phenoxy) is 2. The second kappa shape index (κ2) is 6.61. The molecule has 4 aliphatic rings. The topological polar surface area (TPSA) is 38.7 Å². The standard InChI is InChI=1S/C21H33BrO3/c1-20-8-6-14(25-12-24-3)10-13(20)4-5-15-16(20)7-9-21(2)17(15)11-18(22)19(21)23/h4,14-19,23H,5-12H2,1-3H3/t14?,15-,16+,17+,18-,19+,20+,21+/m1/s1. The first-order chi connectivity index (χ1) is 11.9. The Morgan fingerprint density at radius 2 is 2.04 bits per heavy atom. The highest BCUT2D eigenvalue weighted by atomic mass is 79.9. The van der Waals surface area contributed by atoms with Gasteiger partial charge in [-0.2, -0.15) is 0 Å². The number of fused-ring (bicyclic) bond motifs is 5. The summed E-state index contributed by atoms with van der Waals surface area (Å²) in [5, 5.41) is 10.8. The van der Waals surface area contributed by atoms with Gasteiger partial charge < -0.3 is 14.6 Å². The first-order valence-electron chi connectivity index (χ1n) is 10.0. The third-order valence-electron chi connectivity index (χ3n) is 8.42. The van der Waals surface area contributed by atoms with Crippen LogP contribution in [0, 0.1) is 28.6 Å². The van der Waals surface area contributed by atoms with E-state index in [0.29, 0.717) is 24.2 Å². The highest BCUT2D eigenvalue weighted by Gasteiger charge is 2.60. The Morgan fingerprint density at radius 3 is 2.80 bits per heavy atom. The van der Waals surface area contributed by atoms with Crippen molar-refractivity contribution in [2.24, 2.45) is 28.6 Å². The van der Waals surface area contributed by atoms with Crippen LogP contribution in [0.4, 0.5) is 0 Å². The van der Waals surface area contributed by atoms with Gasteiger partial charge in [-0.3, -0.25) is 0 Å². The number of allylic oxidation sites excluding steroid dienone is 1. The summed E-state index contributed by atoms with van der Waals surface area (Å²) in [4.78, 5) is 0.276. The third kappa shape index (κ3) is 2.78. The van der Waals surface area contributed by atoms with Crippen molar-refractivity contribution in [1.29, 1.82) is 0 Å². The Balaban J connectivity index is 1.57. The fourth-order valence-electron chi connectivity index (χ4n) is 6.88. The average Bonchev–Trinajstić information content (AvgIpc) is 2.83. The van der Waals surface area contributed by atoms with Crippen LogP contribution in [-0.4, -0.2) is 36.0 Å². The largest absolute Gasteiger partial charge is 0.391 e. The normalized spacial score (nSPS) is 52.1. The number of hydrogen-bond donors (Lipinski definition) is 1. The predicted molar refractivity (Wildman–Crippen MR) is 103 cm³/mol.